The van der Waals surface area contributed by atoms with Gasteiger partial charge in [-0.1, -0.05) is 67.6 Å². The molecule has 0 aromatic heterocycles. The van der Waals surface area contributed by atoms with Crippen LogP contribution in [-0.2, 0) is 39.5 Å². The average molecular weight is 689 g/mol. The predicted octanol–water partition coefficient (Wildman–Crippen LogP) is 4.91. The molecule has 4 aromatic carbocycles. The van der Waals surface area contributed by atoms with Gasteiger partial charge < -0.3 is 24.7 Å². The molecule has 3 amide bonds. The summed E-state index contributed by atoms with van der Waals surface area (Å²) in [6.45, 7) is 1.77. The number of fused-ring (bicyclic) bond motifs is 3. The number of para-hydroxylation sites is 2. The van der Waals surface area contributed by atoms with Crippen LogP contribution in [0.4, 0.5) is 22.7 Å². The zero-order chi connectivity index (χ0) is 35.9. The number of nitro benzene ring substituents is 1. The zero-order valence-electron chi connectivity index (χ0n) is 27.8. The summed E-state index contributed by atoms with van der Waals surface area (Å²) in [4.78, 5) is 56.1. The molecule has 3 heterocycles. The first kappa shape index (κ1) is 33.6. The molecular weight excluding hydrogens is 652 g/mol. The zero-order valence-corrected chi connectivity index (χ0v) is 27.8. The van der Waals surface area contributed by atoms with Crippen molar-refractivity contribution < 1.29 is 34.3 Å². The van der Waals surface area contributed by atoms with Crippen molar-refractivity contribution in [3.8, 4) is 5.75 Å². The molecular formula is C39H36N4O8. The average Bonchev–Trinajstić information content (AvgIpc) is 3.36. The predicted molar refractivity (Wildman–Crippen MR) is 188 cm³/mol. The molecule has 12 heteroatoms. The summed E-state index contributed by atoms with van der Waals surface area (Å²) >= 11 is 0. The normalized spacial score (nSPS) is 20.1. The molecule has 4 aromatic rings. The highest BCUT2D eigenvalue weighted by Gasteiger charge is 2.53. The van der Waals surface area contributed by atoms with E-state index in [1.54, 1.807) is 65.3 Å². The second-order valence-electron chi connectivity index (χ2n) is 13.0. The molecule has 0 saturated heterocycles. The fourth-order valence-corrected chi connectivity index (χ4v) is 7.20. The molecule has 260 valence electrons. The molecule has 3 atom stereocenters. The highest BCUT2D eigenvalue weighted by atomic mass is 16.6. The van der Waals surface area contributed by atoms with Crippen LogP contribution in [0.2, 0.25) is 0 Å². The molecule has 2 N–H and O–H groups in total. The number of hydrogen-bond acceptors (Lipinski definition) is 8. The van der Waals surface area contributed by atoms with E-state index in [1.165, 1.54) is 23.1 Å². The third-order valence-corrected chi connectivity index (χ3v) is 9.97. The number of nitrogens with zero attached hydrogens (tertiary/aromatic N) is 4. The molecule has 7 rings (SSSR count). The summed E-state index contributed by atoms with van der Waals surface area (Å²) < 4.78 is 5.56. The Balaban J connectivity index is 1.11. The minimum Gasteiger partial charge on any atom is -0.482 e. The second kappa shape index (κ2) is 13.5. The lowest BCUT2D eigenvalue weighted by Crippen LogP contribution is -2.46. The van der Waals surface area contributed by atoms with Crippen LogP contribution in [0.15, 0.2) is 103 Å². The van der Waals surface area contributed by atoms with Crippen molar-refractivity contribution in [2.24, 2.45) is 5.92 Å². The lowest BCUT2D eigenvalue weighted by molar-refractivity contribution is -0.385. The Hall–Kier alpha value is -5.85. The minimum atomic E-state index is -2.15. The van der Waals surface area contributed by atoms with Crippen LogP contribution in [-0.4, -0.2) is 57.0 Å². The van der Waals surface area contributed by atoms with Gasteiger partial charge in [-0.15, -0.1) is 0 Å². The van der Waals surface area contributed by atoms with E-state index in [2.05, 4.69) is 0 Å². The summed E-state index contributed by atoms with van der Waals surface area (Å²) in [6.07, 6.45) is 3.69. The van der Waals surface area contributed by atoms with Gasteiger partial charge in [0.25, 0.3) is 17.5 Å². The highest BCUT2D eigenvalue weighted by Crippen LogP contribution is 2.47. The van der Waals surface area contributed by atoms with Crippen LogP contribution >= 0.6 is 0 Å². The fourth-order valence-electron chi connectivity index (χ4n) is 7.20. The van der Waals surface area contributed by atoms with Gasteiger partial charge in [-0.05, 0) is 53.4 Å². The molecule has 51 heavy (non-hydrogen) atoms. The number of non-ortho nitro benzene ring substituents is 1. The number of aliphatic hydroxyl groups excluding tert-OH is 1. The number of hydrogen-bond donors (Lipinski definition) is 2. The van der Waals surface area contributed by atoms with Gasteiger partial charge in [-0.25, -0.2) is 0 Å². The van der Waals surface area contributed by atoms with Gasteiger partial charge in [0, 0.05) is 42.3 Å². The van der Waals surface area contributed by atoms with Crippen LogP contribution in [0.25, 0.3) is 0 Å². The third-order valence-electron chi connectivity index (χ3n) is 9.97. The van der Waals surface area contributed by atoms with Crippen LogP contribution in [0, 0.1) is 16.0 Å². The molecule has 0 bridgehead atoms. The van der Waals surface area contributed by atoms with Gasteiger partial charge in [0.2, 0.25) is 5.91 Å². The third kappa shape index (κ3) is 6.02. The van der Waals surface area contributed by atoms with E-state index in [9.17, 15) is 34.7 Å². The van der Waals surface area contributed by atoms with Crippen molar-refractivity contribution in [3.05, 3.63) is 136 Å². The van der Waals surface area contributed by atoms with Gasteiger partial charge in [0.1, 0.15) is 5.75 Å². The van der Waals surface area contributed by atoms with E-state index in [0.29, 0.717) is 41.3 Å². The van der Waals surface area contributed by atoms with Crippen LogP contribution in [0.3, 0.4) is 0 Å². The number of amides is 3. The summed E-state index contributed by atoms with van der Waals surface area (Å²) in [5.41, 5.74) is 2.07. The number of aliphatic hydroxyl groups is 2. The second-order valence-corrected chi connectivity index (χ2v) is 13.0. The first-order chi connectivity index (χ1) is 24.6. The molecule has 0 unspecified atom stereocenters. The molecule has 0 fully saturated rings. The number of carbonyl (C=O) groups excluding carboxylic acids is 3. The Morgan fingerprint density at radius 1 is 1.02 bits per heavy atom. The van der Waals surface area contributed by atoms with E-state index < -0.39 is 22.3 Å². The van der Waals surface area contributed by atoms with Crippen LogP contribution < -0.4 is 14.5 Å². The molecule has 0 radical (unpaired) electrons. The Labute approximate surface area is 293 Å². The number of nitro groups is 1. The van der Waals surface area contributed by atoms with Gasteiger partial charge in [0.05, 0.1) is 35.5 Å². The van der Waals surface area contributed by atoms with Gasteiger partial charge in [-0.2, -0.15) is 0 Å². The van der Waals surface area contributed by atoms with Gasteiger partial charge in [0.15, 0.2) is 12.2 Å². The SMILES string of the molecule is C[C@H](/C=C/CC(=O)N1Cc2ccccc2C[C@H]1CO)[C@@]1(O)C(=O)N(Cc2ccc(N3C(=O)COc4ccccc43)cc2)c2ccc([N+](=O)[O-])cc21. The van der Waals surface area contributed by atoms with Crippen molar-refractivity contribution in [2.75, 3.05) is 23.0 Å². The Kier molecular flexibility index (Phi) is 8.88. The molecule has 0 aliphatic carbocycles. The molecule has 12 nitrogen and oxygen atoms in total. The number of anilines is 3. The summed E-state index contributed by atoms with van der Waals surface area (Å²) in [5.74, 6) is -1.37. The van der Waals surface area contributed by atoms with Gasteiger partial charge >= 0.3 is 0 Å². The Morgan fingerprint density at radius 2 is 1.75 bits per heavy atom. The van der Waals surface area contributed by atoms with E-state index in [1.807, 2.05) is 36.4 Å². The lowest BCUT2D eigenvalue weighted by atomic mass is 9.82. The first-order valence-corrected chi connectivity index (χ1v) is 16.7. The smallest absolute Gasteiger partial charge is 0.269 e. The Bertz CT molecular complexity index is 2060. The van der Waals surface area contributed by atoms with Gasteiger partial charge in [-0.3, -0.25) is 29.4 Å². The standard InChI is InChI=1S/C39H36N4O8/c1-25(7-6-12-36(45)40-22-28-9-3-2-8-27(28)19-31(40)23-44)39(48)32-20-30(43(49)50)17-18-33(32)41(38(39)47)21-26-13-15-29(16-14-26)42-34-10-4-5-11-35(34)51-24-37(42)46/h2-11,13-18,20,25,31,44,48H,12,19,21-24H2,1H3/b7-6+/t25-,31+,39+/m1/s1. The molecule has 0 spiro atoms. The van der Waals surface area contributed by atoms with Crippen LogP contribution in [0.5, 0.6) is 5.75 Å². The van der Waals surface area contributed by atoms with E-state index in [4.69, 9.17) is 4.74 Å². The summed E-state index contributed by atoms with van der Waals surface area (Å²) in [7, 11) is 0. The first-order valence-electron chi connectivity index (χ1n) is 16.7. The maximum absolute atomic E-state index is 14.2. The minimum absolute atomic E-state index is 0.0265. The summed E-state index contributed by atoms with van der Waals surface area (Å²) in [5, 5.41) is 33.9. The number of benzene rings is 4. The lowest BCUT2D eigenvalue weighted by Gasteiger charge is -2.36. The Morgan fingerprint density at radius 3 is 2.49 bits per heavy atom. The summed E-state index contributed by atoms with van der Waals surface area (Å²) in [6, 6.07) is 25.8. The van der Waals surface area contributed by atoms with Crippen molar-refractivity contribution in [3.63, 3.8) is 0 Å². The van der Waals surface area contributed by atoms with Crippen LogP contribution in [0.1, 0.15) is 35.6 Å². The maximum atomic E-state index is 14.2. The van der Waals surface area contributed by atoms with Crippen molar-refractivity contribution in [1.82, 2.24) is 4.90 Å². The van der Waals surface area contributed by atoms with E-state index >= 15 is 0 Å². The number of rotatable bonds is 9. The quantitative estimate of drug-likeness (QED) is 0.143. The van der Waals surface area contributed by atoms with Crippen molar-refractivity contribution in [1.29, 1.82) is 0 Å². The maximum Gasteiger partial charge on any atom is 0.269 e. The van der Waals surface area contributed by atoms with Crippen molar-refractivity contribution in [2.45, 2.75) is 44.5 Å². The fraction of sp³-hybridized carbons (Fsp3) is 0.256. The monoisotopic (exact) mass is 688 g/mol. The van der Waals surface area contributed by atoms with E-state index in [-0.39, 0.29) is 55.3 Å². The number of ether oxygens (including phenoxy) is 1. The van der Waals surface area contributed by atoms with E-state index in [0.717, 1.165) is 11.1 Å². The number of carbonyl (C=O) groups is 3. The highest BCUT2D eigenvalue weighted by molar-refractivity contribution is 6.07. The molecule has 3 aliphatic rings. The topological polar surface area (TPSA) is 154 Å². The largest absolute Gasteiger partial charge is 0.482 e. The molecule has 3 aliphatic heterocycles. The molecule has 0 saturated carbocycles. The van der Waals surface area contributed by atoms with Crippen molar-refractivity contribution >= 4 is 40.5 Å².